The molecular formula is C8H16O2. The van der Waals surface area contributed by atoms with E-state index in [1.54, 1.807) is 7.11 Å². The maximum Gasteiger partial charge on any atom is 0.114 e. The van der Waals surface area contributed by atoms with E-state index in [0.29, 0.717) is 0 Å². The third-order valence-corrected chi connectivity index (χ3v) is 2.15. The molecule has 60 valence electrons. The maximum atomic E-state index is 5.35. The van der Waals surface area contributed by atoms with Crippen LogP contribution in [0.5, 0.6) is 0 Å². The molecule has 0 aromatic heterocycles. The molecule has 0 bridgehead atoms. The van der Waals surface area contributed by atoms with Crippen LogP contribution in [-0.4, -0.2) is 25.9 Å². The molecule has 0 radical (unpaired) electrons. The molecule has 0 spiro atoms. The quantitative estimate of drug-likeness (QED) is 0.596. The van der Waals surface area contributed by atoms with E-state index < -0.39 is 0 Å². The first-order valence-electron chi connectivity index (χ1n) is 3.96. The standard InChI is InChI=1S/C8H16O2/c1-3-4-5-8(9-2)6-10-7-8/h3-7H2,1-2H3. The second-order valence-corrected chi connectivity index (χ2v) is 2.98. The van der Waals surface area contributed by atoms with Crippen molar-refractivity contribution in [2.45, 2.75) is 31.8 Å². The van der Waals surface area contributed by atoms with Gasteiger partial charge in [-0.2, -0.15) is 0 Å². The van der Waals surface area contributed by atoms with Gasteiger partial charge in [0.1, 0.15) is 5.60 Å². The van der Waals surface area contributed by atoms with Crippen molar-refractivity contribution in [3.05, 3.63) is 0 Å². The Labute approximate surface area is 62.5 Å². The topological polar surface area (TPSA) is 18.5 Å². The number of ether oxygens (including phenoxy) is 2. The van der Waals surface area contributed by atoms with Gasteiger partial charge < -0.3 is 9.47 Å². The molecule has 1 fully saturated rings. The van der Waals surface area contributed by atoms with Gasteiger partial charge in [-0.05, 0) is 6.42 Å². The highest BCUT2D eigenvalue weighted by molar-refractivity contribution is 4.86. The summed E-state index contributed by atoms with van der Waals surface area (Å²) in [6.45, 7) is 3.79. The Morgan fingerprint density at radius 2 is 2.20 bits per heavy atom. The van der Waals surface area contributed by atoms with E-state index in [9.17, 15) is 0 Å². The van der Waals surface area contributed by atoms with Crippen LogP contribution in [-0.2, 0) is 9.47 Å². The Kier molecular flexibility index (Phi) is 2.69. The van der Waals surface area contributed by atoms with E-state index in [1.165, 1.54) is 12.8 Å². The van der Waals surface area contributed by atoms with Crippen molar-refractivity contribution in [2.75, 3.05) is 20.3 Å². The molecule has 1 aliphatic heterocycles. The third kappa shape index (κ3) is 1.50. The van der Waals surface area contributed by atoms with Crippen LogP contribution in [0.3, 0.4) is 0 Å². The van der Waals surface area contributed by atoms with Crippen LogP contribution in [0.4, 0.5) is 0 Å². The Bertz CT molecular complexity index is 91.9. The van der Waals surface area contributed by atoms with Crippen molar-refractivity contribution in [3.63, 3.8) is 0 Å². The summed E-state index contributed by atoms with van der Waals surface area (Å²) in [6, 6.07) is 0. The summed E-state index contributed by atoms with van der Waals surface area (Å²) in [5.74, 6) is 0. The molecule has 0 N–H and O–H groups in total. The molecule has 0 aromatic rings. The number of hydrogen-bond acceptors (Lipinski definition) is 2. The average Bonchev–Trinajstić information content (AvgIpc) is 1.87. The van der Waals surface area contributed by atoms with Crippen molar-refractivity contribution in [2.24, 2.45) is 0 Å². The van der Waals surface area contributed by atoms with E-state index in [0.717, 1.165) is 19.6 Å². The molecule has 0 atom stereocenters. The molecule has 0 aromatic carbocycles. The second-order valence-electron chi connectivity index (χ2n) is 2.98. The van der Waals surface area contributed by atoms with Gasteiger partial charge in [-0.1, -0.05) is 19.8 Å². The minimum Gasteiger partial charge on any atom is -0.375 e. The molecule has 2 nitrogen and oxygen atoms in total. The summed E-state index contributed by atoms with van der Waals surface area (Å²) < 4.78 is 10.5. The van der Waals surface area contributed by atoms with Crippen molar-refractivity contribution in [1.29, 1.82) is 0 Å². The summed E-state index contributed by atoms with van der Waals surface area (Å²) in [7, 11) is 1.78. The lowest BCUT2D eigenvalue weighted by atomic mass is 9.95. The minimum absolute atomic E-state index is 0.0933. The fourth-order valence-electron chi connectivity index (χ4n) is 1.19. The van der Waals surface area contributed by atoms with E-state index in [4.69, 9.17) is 9.47 Å². The van der Waals surface area contributed by atoms with Gasteiger partial charge in [-0.25, -0.2) is 0 Å². The SMILES string of the molecule is CCCCC1(OC)COC1. The number of unbranched alkanes of at least 4 members (excludes halogenated alkanes) is 1. The van der Waals surface area contributed by atoms with E-state index in [-0.39, 0.29) is 5.60 Å². The van der Waals surface area contributed by atoms with Gasteiger partial charge in [0.15, 0.2) is 0 Å². The molecule has 1 heterocycles. The van der Waals surface area contributed by atoms with Crippen molar-refractivity contribution >= 4 is 0 Å². The molecule has 1 rings (SSSR count). The Morgan fingerprint density at radius 1 is 1.50 bits per heavy atom. The largest absolute Gasteiger partial charge is 0.375 e. The van der Waals surface area contributed by atoms with Gasteiger partial charge in [0.2, 0.25) is 0 Å². The molecule has 0 amide bonds. The van der Waals surface area contributed by atoms with Crippen LogP contribution in [0, 0.1) is 0 Å². The van der Waals surface area contributed by atoms with Crippen LogP contribution in [0.25, 0.3) is 0 Å². The zero-order chi connectivity index (χ0) is 7.45. The van der Waals surface area contributed by atoms with Gasteiger partial charge >= 0.3 is 0 Å². The van der Waals surface area contributed by atoms with Crippen LogP contribution in [0.2, 0.25) is 0 Å². The number of methoxy groups -OCH3 is 1. The van der Waals surface area contributed by atoms with Crippen LogP contribution >= 0.6 is 0 Å². The summed E-state index contributed by atoms with van der Waals surface area (Å²) in [6.07, 6.45) is 3.64. The van der Waals surface area contributed by atoms with Gasteiger partial charge in [0.25, 0.3) is 0 Å². The fraction of sp³-hybridized carbons (Fsp3) is 1.00. The normalized spacial score (nSPS) is 22.2. The first kappa shape index (κ1) is 8.02. The Morgan fingerprint density at radius 3 is 2.50 bits per heavy atom. The van der Waals surface area contributed by atoms with Crippen LogP contribution in [0.1, 0.15) is 26.2 Å². The fourth-order valence-corrected chi connectivity index (χ4v) is 1.19. The smallest absolute Gasteiger partial charge is 0.114 e. The monoisotopic (exact) mass is 144 g/mol. The molecule has 0 saturated carbocycles. The van der Waals surface area contributed by atoms with E-state index in [2.05, 4.69) is 6.92 Å². The molecule has 1 saturated heterocycles. The highest BCUT2D eigenvalue weighted by Crippen LogP contribution is 2.26. The average molecular weight is 144 g/mol. The molecular weight excluding hydrogens is 128 g/mol. The summed E-state index contributed by atoms with van der Waals surface area (Å²) in [4.78, 5) is 0. The van der Waals surface area contributed by atoms with Crippen molar-refractivity contribution in [3.8, 4) is 0 Å². The lowest BCUT2D eigenvalue weighted by Crippen LogP contribution is -2.51. The minimum atomic E-state index is 0.0933. The van der Waals surface area contributed by atoms with Crippen molar-refractivity contribution < 1.29 is 9.47 Å². The van der Waals surface area contributed by atoms with Gasteiger partial charge in [-0.3, -0.25) is 0 Å². The van der Waals surface area contributed by atoms with E-state index in [1.807, 2.05) is 0 Å². The molecule has 1 aliphatic rings. The zero-order valence-electron chi connectivity index (χ0n) is 6.85. The first-order valence-corrected chi connectivity index (χ1v) is 3.96. The molecule has 0 aliphatic carbocycles. The predicted octanol–water partition coefficient (Wildman–Crippen LogP) is 1.59. The molecule has 10 heavy (non-hydrogen) atoms. The second kappa shape index (κ2) is 3.35. The third-order valence-electron chi connectivity index (χ3n) is 2.15. The predicted molar refractivity (Wildman–Crippen MR) is 40.1 cm³/mol. The van der Waals surface area contributed by atoms with Crippen LogP contribution in [0.15, 0.2) is 0 Å². The van der Waals surface area contributed by atoms with Gasteiger partial charge in [0, 0.05) is 7.11 Å². The van der Waals surface area contributed by atoms with Crippen molar-refractivity contribution in [1.82, 2.24) is 0 Å². The summed E-state index contributed by atoms with van der Waals surface area (Å²) >= 11 is 0. The maximum absolute atomic E-state index is 5.35. The van der Waals surface area contributed by atoms with Crippen LogP contribution < -0.4 is 0 Å². The van der Waals surface area contributed by atoms with E-state index >= 15 is 0 Å². The lowest BCUT2D eigenvalue weighted by Gasteiger charge is -2.40. The highest BCUT2D eigenvalue weighted by Gasteiger charge is 2.37. The van der Waals surface area contributed by atoms with Gasteiger partial charge in [0.05, 0.1) is 13.2 Å². The lowest BCUT2D eigenvalue weighted by molar-refractivity contribution is -0.199. The highest BCUT2D eigenvalue weighted by atomic mass is 16.6. The Balaban J connectivity index is 2.20. The first-order chi connectivity index (χ1) is 4.83. The summed E-state index contributed by atoms with van der Waals surface area (Å²) in [5, 5.41) is 0. The summed E-state index contributed by atoms with van der Waals surface area (Å²) in [5.41, 5.74) is 0.0933. The van der Waals surface area contributed by atoms with Gasteiger partial charge in [-0.15, -0.1) is 0 Å². The molecule has 2 heteroatoms. The number of rotatable bonds is 4. The Hall–Kier alpha value is -0.0800. The number of hydrogen-bond donors (Lipinski definition) is 0. The zero-order valence-corrected chi connectivity index (χ0v) is 6.85. The molecule has 0 unspecified atom stereocenters.